The molecule has 0 aliphatic heterocycles. The van der Waals surface area contributed by atoms with Crippen LogP contribution in [0.2, 0.25) is 0 Å². The zero-order valence-corrected chi connectivity index (χ0v) is 20.3. The third-order valence-corrected chi connectivity index (χ3v) is 6.03. The quantitative estimate of drug-likeness (QED) is 0.303. The molecule has 0 heterocycles. The van der Waals surface area contributed by atoms with Crippen molar-refractivity contribution >= 4 is 5.97 Å². The minimum absolute atomic E-state index is 0.0426. The third-order valence-electron chi connectivity index (χ3n) is 6.03. The lowest BCUT2D eigenvalue weighted by Crippen LogP contribution is -2.15. The zero-order valence-electron chi connectivity index (χ0n) is 20.3. The lowest BCUT2D eigenvalue weighted by molar-refractivity contribution is -0.136. The summed E-state index contributed by atoms with van der Waals surface area (Å²) in [7, 11) is 0. The standard InChI is InChI=1S/C29H31F3O3/c1-4-14-29(2,3)17-21-15-19(8-11-23(21)24-16-22(30)10-12-25(24)31)18-35-26-7-5-6-20(28(26)32)9-13-27(33)34/h5-8,10-12,15-16H,4,9,13-14,17-18H2,1-3H3,(H,33,34). The summed E-state index contributed by atoms with van der Waals surface area (Å²) in [4.78, 5) is 10.8. The summed E-state index contributed by atoms with van der Waals surface area (Å²) in [5, 5.41) is 8.87. The van der Waals surface area contributed by atoms with Crippen LogP contribution in [0.3, 0.4) is 0 Å². The molecule has 6 heteroatoms. The van der Waals surface area contributed by atoms with E-state index in [1.54, 1.807) is 24.3 Å². The largest absolute Gasteiger partial charge is 0.486 e. The van der Waals surface area contributed by atoms with Gasteiger partial charge in [0.2, 0.25) is 0 Å². The summed E-state index contributed by atoms with van der Waals surface area (Å²) in [5.74, 6) is -2.53. The molecule has 186 valence electrons. The van der Waals surface area contributed by atoms with Gasteiger partial charge in [0.25, 0.3) is 0 Å². The van der Waals surface area contributed by atoms with Crippen LogP contribution >= 0.6 is 0 Å². The summed E-state index contributed by atoms with van der Waals surface area (Å²) < 4.78 is 49.1. The van der Waals surface area contributed by atoms with Gasteiger partial charge in [-0.15, -0.1) is 0 Å². The molecule has 0 aliphatic rings. The first-order valence-electron chi connectivity index (χ1n) is 11.8. The van der Waals surface area contributed by atoms with E-state index in [-0.39, 0.29) is 41.7 Å². The molecular formula is C29H31F3O3. The predicted molar refractivity (Wildman–Crippen MR) is 131 cm³/mol. The first-order valence-corrected chi connectivity index (χ1v) is 11.8. The van der Waals surface area contributed by atoms with Gasteiger partial charge >= 0.3 is 5.97 Å². The number of aliphatic carboxylic acids is 1. The number of carboxylic acids is 1. The number of rotatable bonds is 11. The fraction of sp³-hybridized carbons (Fsp3) is 0.345. The summed E-state index contributed by atoms with van der Waals surface area (Å²) in [6, 6.07) is 13.5. The summed E-state index contributed by atoms with van der Waals surface area (Å²) in [5.41, 5.74) is 2.68. The van der Waals surface area contributed by atoms with Crippen molar-refractivity contribution < 1.29 is 27.8 Å². The van der Waals surface area contributed by atoms with E-state index in [1.807, 2.05) is 6.07 Å². The van der Waals surface area contributed by atoms with Crippen molar-refractivity contribution in [2.75, 3.05) is 0 Å². The molecule has 0 bridgehead atoms. The van der Waals surface area contributed by atoms with Gasteiger partial charge in [-0.25, -0.2) is 13.2 Å². The van der Waals surface area contributed by atoms with Crippen molar-refractivity contribution in [1.29, 1.82) is 0 Å². The van der Waals surface area contributed by atoms with Gasteiger partial charge in [0.15, 0.2) is 11.6 Å². The molecular weight excluding hydrogens is 453 g/mol. The van der Waals surface area contributed by atoms with Crippen molar-refractivity contribution in [3.63, 3.8) is 0 Å². The minimum atomic E-state index is -0.996. The van der Waals surface area contributed by atoms with Gasteiger partial charge < -0.3 is 9.84 Å². The summed E-state index contributed by atoms with van der Waals surface area (Å²) in [6.45, 7) is 6.47. The van der Waals surface area contributed by atoms with E-state index in [0.717, 1.165) is 36.1 Å². The highest BCUT2D eigenvalue weighted by molar-refractivity contribution is 5.69. The van der Waals surface area contributed by atoms with Crippen molar-refractivity contribution in [1.82, 2.24) is 0 Å². The van der Waals surface area contributed by atoms with Crippen LogP contribution in [0.5, 0.6) is 5.75 Å². The molecule has 3 aromatic rings. The van der Waals surface area contributed by atoms with Gasteiger partial charge in [0, 0.05) is 12.0 Å². The zero-order chi connectivity index (χ0) is 25.6. The lowest BCUT2D eigenvalue weighted by atomic mass is 9.79. The molecule has 0 fully saturated rings. The number of aryl methyl sites for hydroxylation is 1. The van der Waals surface area contributed by atoms with Gasteiger partial charge in [-0.05, 0) is 71.2 Å². The molecule has 35 heavy (non-hydrogen) atoms. The Morgan fingerprint density at radius 3 is 2.46 bits per heavy atom. The fourth-order valence-corrected chi connectivity index (χ4v) is 4.39. The van der Waals surface area contributed by atoms with Gasteiger partial charge in [-0.3, -0.25) is 4.79 Å². The van der Waals surface area contributed by atoms with Crippen LogP contribution in [0.1, 0.15) is 56.7 Å². The molecule has 0 aromatic heterocycles. The van der Waals surface area contributed by atoms with Crippen LogP contribution in [-0.2, 0) is 24.2 Å². The highest BCUT2D eigenvalue weighted by Crippen LogP contribution is 2.35. The maximum absolute atomic E-state index is 14.8. The van der Waals surface area contributed by atoms with Crippen LogP contribution in [0, 0.1) is 22.9 Å². The first kappa shape index (κ1) is 26.3. The Labute approximate surface area is 204 Å². The van der Waals surface area contributed by atoms with E-state index in [0.29, 0.717) is 12.0 Å². The lowest BCUT2D eigenvalue weighted by Gasteiger charge is -2.26. The van der Waals surface area contributed by atoms with Crippen molar-refractivity contribution in [3.05, 3.63) is 88.7 Å². The highest BCUT2D eigenvalue weighted by Gasteiger charge is 2.21. The Bertz CT molecular complexity index is 1190. The second-order valence-electron chi connectivity index (χ2n) is 9.62. The second-order valence-corrected chi connectivity index (χ2v) is 9.62. The van der Waals surface area contributed by atoms with Crippen LogP contribution in [0.15, 0.2) is 54.6 Å². The topological polar surface area (TPSA) is 46.5 Å². The van der Waals surface area contributed by atoms with Gasteiger partial charge in [-0.1, -0.05) is 57.5 Å². The Morgan fingerprint density at radius 1 is 0.971 bits per heavy atom. The number of benzene rings is 3. The first-order chi connectivity index (χ1) is 16.6. The van der Waals surface area contributed by atoms with E-state index in [2.05, 4.69) is 20.8 Å². The molecule has 0 atom stereocenters. The molecule has 0 saturated carbocycles. The monoisotopic (exact) mass is 484 g/mol. The van der Waals surface area contributed by atoms with Crippen LogP contribution in [0.4, 0.5) is 13.2 Å². The van der Waals surface area contributed by atoms with Crippen LogP contribution < -0.4 is 4.74 Å². The Balaban J connectivity index is 1.90. The molecule has 0 aliphatic carbocycles. The number of carbonyl (C=O) groups is 1. The fourth-order valence-electron chi connectivity index (χ4n) is 4.39. The molecule has 0 saturated heterocycles. The van der Waals surface area contributed by atoms with E-state index in [1.165, 1.54) is 12.1 Å². The van der Waals surface area contributed by atoms with Gasteiger partial charge in [-0.2, -0.15) is 0 Å². The van der Waals surface area contributed by atoms with E-state index in [4.69, 9.17) is 9.84 Å². The molecule has 3 aromatic carbocycles. The SMILES string of the molecule is CCCC(C)(C)Cc1cc(COc2cccc(CCC(=O)O)c2F)ccc1-c1cc(F)ccc1F. The van der Waals surface area contributed by atoms with Crippen LogP contribution in [-0.4, -0.2) is 11.1 Å². The van der Waals surface area contributed by atoms with Gasteiger partial charge in [0.1, 0.15) is 18.2 Å². The molecule has 3 rings (SSSR count). The van der Waals surface area contributed by atoms with E-state index in [9.17, 15) is 18.0 Å². The second kappa shape index (κ2) is 11.4. The maximum atomic E-state index is 14.8. The number of ether oxygens (including phenoxy) is 1. The Morgan fingerprint density at radius 2 is 1.74 bits per heavy atom. The molecule has 0 unspecified atom stereocenters. The number of hydrogen-bond acceptors (Lipinski definition) is 2. The molecule has 1 N–H and O–H groups in total. The highest BCUT2D eigenvalue weighted by atomic mass is 19.1. The maximum Gasteiger partial charge on any atom is 0.303 e. The van der Waals surface area contributed by atoms with Crippen LogP contribution in [0.25, 0.3) is 11.1 Å². The van der Waals surface area contributed by atoms with E-state index < -0.39 is 23.4 Å². The smallest absolute Gasteiger partial charge is 0.303 e. The Hall–Kier alpha value is -3.28. The average Bonchev–Trinajstić information content (AvgIpc) is 2.79. The minimum Gasteiger partial charge on any atom is -0.486 e. The average molecular weight is 485 g/mol. The molecule has 0 radical (unpaired) electrons. The number of carboxylic acid groups (broad SMARTS) is 1. The van der Waals surface area contributed by atoms with Crippen molar-refractivity contribution in [2.24, 2.45) is 5.41 Å². The normalized spacial score (nSPS) is 11.5. The number of halogens is 3. The third kappa shape index (κ3) is 7.10. The number of hydrogen-bond donors (Lipinski definition) is 1. The van der Waals surface area contributed by atoms with E-state index >= 15 is 0 Å². The summed E-state index contributed by atoms with van der Waals surface area (Å²) in [6.07, 6.45) is 2.52. The predicted octanol–water partition coefficient (Wildman–Crippen LogP) is 7.74. The van der Waals surface area contributed by atoms with Crippen molar-refractivity contribution in [3.8, 4) is 16.9 Å². The van der Waals surface area contributed by atoms with Crippen molar-refractivity contribution in [2.45, 2.75) is 59.5 Å². The molecule has 0 amide bonds. The van der Waals surface area contributed by atoms with Gasteiger partial charge in [0.05, 0.1) is 0 Å². The molecule has 3 nitrogen and oxygen atoms in total. The Kier molecular flexibility index (Phi) is 8.60. The summed E-state index contributed by atoms with van der Waals surface area (Å²) >= 11 is 0. The molecule has 0 spiro atoms.